The fourth-order valence-electron chi connectivity index (χ4n) is 2.29. The molecule has 0 N–H and O–H groups in total. The molecule has 0 bridgehead atoms. The zero-order valence-corrected chi connectivity index (χ0v) is 9.04. The average molecular weight is 219 g/mol. The number of nitrogens with zero attached hydrogens (tertiary/aromatic N) is 3. The monoisotopic (exact) mass is 219 g/mol. The van der Waals surface area contributed by atoms with Gasteiger partial charge in [-0.2, -0.15) is 0 Å². The smallest absolute Gasteiger partial charge is 0.100 e. The van der Waals surface area contributed by atoms with Gasteiger partial charge >= 0.3 is 0 Å². The Morgan fingerprint density at radius 3 is 2.88 bits per heavy atom. The van der Waals surface area contributed by atoms with Crippen molar-refractivity contribution >= 4 is 22.9 Å². The van der Waals surface area contributed by atoms with Crippen LogP contribution in [-0.2, 0) is 0 Å². The largest absolute Gasteiger partial charge is 0.296 e. The summed E-state index contributed by atoms with van der Waals surface area (Å²) in [6.45, 7) is 0. The first-order valence-corrected chi connectivity index (χ1v) is 5.53. The van der Waals surface area contributed by atoms with Crippen LogP contribution in [0.1, 0.15) is 5.56 Å². The first kappa shape index (κ1) is 8.70. The summed E-state index contributed by atoms with van der Waals surface area (Å²) in [5, 5.41) is 0. The molecule has 0 atom stereocenters. The predicted molar refractivity (Wildman–Crippen MR) is 68.3 cm³/mol. The zero-order chi connectivity index (χ0) is 11.2. The van der Waals surface area contributed by atoms with Crippen LogP contribution in [0.3, 0.4) is 0 Å². The van der Waals surface area contributed by atoms with Crippen molar-refractivity contribution < 1.29 is 0 Å². The number of fused-ring (bicyclic) bond motifs is 2. The Morgan fingerprint density at radius 2 is 1.88 bits per heavy atom. The minimum absolute atomic E-state index is 0.969. The summed E-state index contributed by atoms with van der Waals surface area (Å²) < 4.78 is 2.10. The molecule has 0 saturated heterocycles. The second-order valence-corrected chi connectivity index (χ2v) is 4.08. The summed E-state index contributed by atoms with van der Waals surface area (Å²) in [7, 11) is 0. The Hall–Kier alpha value is -2.42. The lowest BCUT2D eigenvalue weighted by Gasteiger charge is -2.05. The zero-order valence-electron chi connectivity index (χ0n) is 9.04. The maximum Gasteiger partial charge on any atom is 0.100 e. The van der Waals surface area contributed by atoms with Crippen molar-refractivity contribution in [2.75, 3.05) is 0 Å². The first-order chi connectivity index (χ1) is 8.43. The van der Waals surface area contributed by atoms with Crippen molar-refractivity contribution in [1.82, 2.24) is 9.55 Å². The highest BCUT2D eigenvalue weighted by atomic mass is 15.1. The number of aromatic nitrogens is 2. The fraction of sp³-hybridized carbons (Fsp3) is 0. The maximum atomic E-state index is 4.53. The predicted octanol–water partition coefficient (Wildman–Crippen LogP) is 3.09. The third kappa shape index (κ3) is 1.11. The molecule has 17 heavy (non-hydrogen) atoms. The van der Waals surface area contributed by atoms with Gasteiger partial charge < -0.3 is 0 Å². The van der Waals surface area contributed by atoms with E-state index in [1.807, 2.05) is 42.9 Å². The third-order valence-corrected chi connectivity index (χ3v) is 3.09. The van der Waals surface area contributed by atoms with E-state index in [4.69, 9.17) is 0 Å². The number of aliphatic imine (C=N–C) groups is 1. The van der Waals surface area contributed by atoms with Crippen LogP contribution in [0.5, 0.6) is 0 Å². The minimum atomic E-state index is 0.969. The molecule has 0 aliphatic carbocycles. The van der Waals surface area contributed by atoms with Gasteiger partial charge in [0.1, 0.15) is 6.33 Å². The van der Waals surface area contributed by atoms with Gasteiger partial charge in [-0.05, 0) is 18.2 Å². The molecule has 2 aromatic carbocycles. The molecule has 1 aliphatic heterocycles. The highest BCUT2D eigenvalue weighted by Gasteiger charge is 2.13. The quantitative estimate of drug-likeness (QED) is 0.447. The highest BCUT2D eigenvalue weighted by Crippen LogP contribution is 2.30. The topological polar surface area (TPSA) is 30.2 Å². The van der Waals surface area contributed by atoms with Gasteiger partial charge in [0, 0.05) is 11.8 Å². The van der Waals surface area contributed by atoms with Gasteiger partial charge in [-0.3, -0.25) is 9.56 Å². The maximum absolute atomic E-state index is 4.53. The molecule has 0 fully saturated rings. The molecule has 0 amide bonds. The number of hydrogen-bond acceptors (Lipinski definition) is 2. The van der Waals surface area contributed by atoms with Gasteiger partial charge in [0.05, 0.1) is 22.4 Å². The summed E-state index contributed by atoms with van der Waals surface area (Å²) in [5.41, 5.74) is 5.27. The van der Waals surface area contributed by atoms with Crippen LogP contribution in [0, 0.1) is 0 Å². The molecule has 0 spiro atoms. The van der Waals surface area contributed by atoms with E-state index in [0.29, 0.717) is 0 Å². The van der Waals surface area contributed by atoms with Crippen LogP contribution in [0.25, 0.3) is 16.7 Å². The van der Waals surface area contributed by atoms with Crippen molar-refractivity contribution in [3.05, 3.63) is 54.4 Å². The second-order valence-electron chi connectivity index (χ2n) is 4.08. The molecule has 1 aliphatic rings. The number of hydrogen-bond donors (Lipinski definition) is 0. The molecule has 0 unspecified atom stereocenters. The van der Waals surface area contributed by atoms with Gasteiger partial charge in [-0.25, -0.2) is 4.98 Å². The van der Waals surface area contributed by atoms with E-state index < -0.39 is 0 Å². The first-order valence-electron chi connectivity index (χ1n) is 5.53. The van der Waals surface area contributed by atoms with Crippen molar-refractivity contribution in [1.29, 1.82) is 0 Å². The lowest BCUT2D eigenvalue weighted by molar-refractivity contribution is 1.09. The number of imidazole rings is 1. The molecular formula is C14H9N3. The Morgan fingerprint density at radius 1 is 0.941 bits per heavy atom. The standard InChI is InChI=1S/C14H9N3/c1-2-7-13-10(4-1)8-15-11-5-3-6-12-14(11)17(13)9-16-12/h1-9H. The van der Waals surface area contributed by atoms with Gasteiger partial charge in [-0.15, -0.1) is 0 Å². The molecule has 80 valence electrons. The summed E-state index contributed by atoms with van der Waals surface area (Å²) in [6.07, 6.45) is 3.78. The van der Waals surface area contributed by atoms with Gasteiger partial charge in [0.15, 0.2) is 0 Å². The van der Waals surface area contributed by atoms with Gasteiger partial charge in [0.25, 0.3) is 0 Å². The van der Waals surface area contributed by atoms with Crippen molar-refractivity contribution in [2.45, 2.75) is 0 Å². The summed E-state index contributed by atoms with van der Waals surface area (Å²) in [5.74, 6) is 0. The molecule has 3 aromatic rings. The van der Waals surface area contributed by atoms with Gasteiger partial charge in [-0.1, -0.05) is 24.3 Å². The Balaban J connectivity index is 2.23. The fourth-order valence-corrected chi connectivity index (χ4v) is 2.29. The summed E-state index contributed by atoms with van der Waals surface area (Å²) in [4.78, 5) is 8.95. The molecule has 3 nitrogen and oxygen atoms in total. The molecule has 1 aromatic heterocycles. The van der Waals surface area contributed by atoms with Crippen molar-refractivity contribution in [3.8, 4) is 5.69 Å². The van der Waals surface area contributed by atoms with E-state index in [-0.39, 0.29) is 0 Å². The third-order valence-electron chi connectivity index (χ3n) is 3.09. The van der Waals surface area contributed by atoms with E-state index in [9.17, 15) is 0 Å². The summed E-state index contributed by atoms with van der Waals surface area (Å²) in [6, 6.07) is 14.2. The lowest BCUT2D eigenvalue weighted by Crippen LogP contribution is -1.95. The van der Waals surface area contributed by atoms with E-state index in [1.165, 1.54) is 0 Å². The Bertz CT molecular complexity index is 753. The van der Waals surface area contributed by atoms with E-state index in [2.05, 4.69) is 26.7 Å². The van der Waals surface area contributed by atoms with Crippen molar-refractivity contribution in [3.63, 3.8) is 0 Å². The normalized spacial score (nSPS) is 12.5. The molecular weight excluding hydrogens is 210 g/mol. The van der Waals surface area contributed by atoms with Gasteiger partial charge in [0.2, 0.25) is 0 Å². The van der Waals surface area contributed by atoms with Crippen LogP contribution < -0.4 is 0 Å². The molecule has 0 radical (unpaired) electrons. The molecule has 3 heteroatoms. The Kier molecular flexibility index (Phi) is 1.56. The molecule has 2 heterocycles. The van der Waals surface area contributed by atoms with Crippen LogP contribution in [0.4, 0.5) is 5.69 Å². The van der Waals surface area contributed by atoms with Crippen LogP contribution in [0.2, 0.25) is 0 Å². The number of benzene rings is 2. The second kappa shape index (κ2) is 3.04. The van der Waals surface area contributed by atoms with Crippen LogP contribution >= 0.6 is 0 Å². The lowest BCUT2D eigenvalue weighted by atomic mass is 10.2. The number of para-hydroxylation sites is 2. The van der Waals surface area contributed by atoms with E-state index in [1.54, 1.807) is 0 Å². The van der Waals surface area contributed by atoms with Crippen molar-refractivity contribution in [2.24, 2.45) is 4.99 Å². The highest BCUT2D eigenvalue weighted by molar-refractivity contribution is 5.97. The van der Waals surface area contributed by atoms with E-state index >= 15 is 0 Å². The molecule has 4 rings (SSSR count). The number of rotatable bonds is 0. The van der Waals surface area contributed by atoms with Crippen LogP contribution in [-0.4, -0.2) is 15.8 Å². The minimum Gasteiger partial charge on any atom is -0.296 e. The molecule has 0 saturated carbocycles. The Labute approximate surface area is 98.1 Å². The average Bonchev–Trinajstić information content (AvgIpc) is 2.73. The van der Waals surface area contributed by atoms with Crippen LogP contribution in [0.15, 0.2) is 53.8 Å². The summed E-state index contributed by atoms with van der Waals surface area (Å²) >= 11 is 0. The SMILES string of the molecule is C1=Nc2cccc3ncn(c23)-c2ccccc21. The van der Waals surface area contributed by atoms with E-state index in [0.717, 1.165) is 28.0 Å².